The van der Waals surface area contributed by atoms with Gasteiger partial charge >= 0.3 is 5.56 Å². The van der Waals surface area contributed by atoms with Gasteiger partial charge in [-0.1, -0.05) is 0 Å². The second-order valence-corrected chi connectivity index (χ2v) is 5.60. The van der Waals surface area contributed by atoms with Gasteiger partial charge in [0.1, 0.15) is 11.5 Å². The summed E-state index contributed by atoms with van der Waals surface area (Å²) in [7, 11) is 0. The maximum atomic E-state index is 13.2. The fourth-order valence-corrected chi connectivity index (χ4v) is 2.32. The zero-order valence-electron chi connectivity index (χ0n) is 13.4. The predicted molar refractivity (Wildman–Crippen MR) is 97.7 cm³/mol. The van der Waals surface area contributed by atoms with Gasteiger partial charge in [0.2, 0.25) is 0 Å². The van der Waals surface area contributed by atoms with Crippen LogP contribution in [0.4, 0.5) is 21.5 Å². The summed E-state index contributed by atoms with van der Waals surface area (Å²) in [5, 5.41) is 20.9. The van der Waals surface area contributed by atoms with E-state index < -0.39 is 16.3 Å². The number of nitrogens with two attached hydrogens (primary N) is 1. The van der Waals surface area contributed by atoms with Crippen LogP contribution in [-0.2, 0) is 0 Å². The number of hydrogen-bond donors (Lipinski definition) is 2. The number of pyridine rings is 1. The Labute approximate surface area is 155 Å². The topological polar surface area (TPSA) is 145 Å². The van der Waals surface area contributed by atoms with E-state index in [9.17, 15) is 19.3 Å². The summed E-state index contributed by atoms with van der Waals surface area (Å²) in [6.07, 6.45) is 2.26. The average molecular weight is 387 g/mol. The molecule has 136 valence electrons. The molecule has 2 heterocycles. The van der Waals surface area contributed by atoms with E-state index >= 15 is 0 Å². The number of thiocarbonyl (C=S) groups is 1. The van der Waals surface area contributed by atoms with Gasteiger partial charge < -0.3 is 5.73 Å². The Morgan fingerprint density at radius 1 is 1.30 bits per heavy atom. The number of non-ortho nitro benzene ring substituents is 1. The molecule has 0 saturated heterocycles. The highest BCUT2D eigenvalue weighted by Gasteiger charge is 2.18. The molecule has 0 bridgehead atoms. The molecule has 0 unspecified atom stereocenters. The second kappa shape index (κ2) is 7.21. The van der Waals surface area contributed by atoms with Crippen LogP contribution in [0.3, 0.4) is 0 Å². The number of rotatable bonds is 4. The summed E-state index contributed by atoms with van der Waals surface area (Å²) >= 11 is 4.81. The van der Waals surface area contributed by atoms with Gasteiger partial charge in [-0.05, 0) is 24.4 Å². The lowest BCUT2D eigenvalue weighted by Gasteiger charge is -2.00. The van der Waals surface area contributed by atoms with Crippen molar-refractivity contribution >= 4 is 34.4 Å². The first-order valence-electron chi connectivity index (χ1n) is 7.29. The highest BCUT2D eigenvalue weighted by molar-refractivity contribution is 7.80. The predicted octanol–water partition coefficient (Wildman–Crippen LogP) is 2.79. The number of nitro groups is 1. The number of aromatic amines is 1. The van der Waals surface area contributed by atoms with Crippen LogP contribution in [0, 0.1) is 15.9 Å². The van der Waals surface area contributed by atoms with Crippen molar-refractivity contribution in [3.8, 4) is 11.3 Å². The van der Waals surface area contributed by atoms with Crippen LogP contribution in [0.25, 0.3) is 11.3 Å². The molecule has 0 spiro atoms. The number of H-pyrrole nitrogens is 1. The van der Waals surface area contributed by atoms with Gasteiger partial charge in [-0.3, -0.25) is 25.0 Å². The van der Waals surface area contributed by atoms with E-state index in [0.29, 0.717) is 5.56 Å². The third kappa shape index (κ3) is 3.74. The van der Waals surface area contributed by atoms with E-state index in [-0.39, 0.29) is 27.9 Å². The van der Waals surface area contributed by atoms with Crippen molar-refractivity contribution in [1.82, 2.24) is 14.8 Å². The zero-order chi connectivity index (χ0) is 19.6. The molecule has 0 saturated carbocycles. The Kier molecular flexibility index (Phi) is 4.81. The Balaban J connectivity index is 2.10. The average Bonchev–Trinajstić information content (AvgIpc) is 2.97. The maximum absolute atomic E-state index is 13.2. The molecule has 10 nitrogen and oxygen atoms in total. The molecule has 0 fully saturated rings. The van der Waals surface area contributed by atoms with Gasteiger partial charge in [0, 0.05) is 23.8 Å². The molecule has 12 heteroatoms. The largest absolute Gasteiger partial charge is 0.374 e. The lowest BCUT2D eigenvalue weighted by atomic mass is 10.1. The molecule has 3 N–H and O–H groups in total. The first-order valence-corrected chi connectivity index (χ1v) is 7.69. The molecule has 0 aliphatic heterocycles. The van der Waals surface area contributed by atoms with Gasteiger partial charge in [-0.15, -0.1) is 10.2 Å². The third-order valence-corrected chi connectivity index (χ3v) is 3.59. The van der Waals surface area contributed by atoms with Crippen molar-refractivity contribution in [2.75, 3.05) is 0 Å². The number of azo groups is 1. The fraction of sp³-hybridized carbons (Fsp3) is 0. The van der Waals surface area contributed by atoms with Crippen LogP contribution < -0.4 is 11.3 Å². The number of nitrogens with one attached hydrogen (secondary N) is 1. The van der Waals surface area contributed by atoms with Crippen molar-refractivity contribution < 1.29 is 9.31 Å². The van der Waals surface area contributed by atoms with E-state index in [2.05, 4.69) is 20.3 Å². The second-order valence-electron chi connectivity index (χ2n) is 5.18. The molecule has 27 heavy (non-hydrogen) atoms. The highest BCUT2D eigenvalue weighted by atomic mass is 32.1. The first-order chi connectivity index (χ1) is 12.9. The summed E-state index contributed by atoms with van der Waals surface area (Å²) in [4.78, 5) is 26.4. The zero-order valence-corrected chi connectivity index (χ0v) is 14.2. The van der Waals surface area contributed by atoms with Gasteiger partial charge in [0.25, 0.3) is 5.69 Å². The Hall–Kier alpha value is -3.80. The number of hydrogen-bond acceptors (Lipinski definition) is 7. The van der Waals surface area contributed by atoms with Crippen molar-refractivity contribution in [1.29, 1.82) is 0 Å². The molecular formula is C15H10FN7O3S. The van der Waals surface area contributed by atoms with Crippen LogP contribution in [0.1, 0.15) is 0 Å². The van der Waals surface area contributed by atoms with Gasteiger partial charge in [0.15, 0.2) is 10.8 Å². The van der Waals surface area contributed by atoms with Crippen LogP contribution in [0.15, 0.2) is 57.7 Å². The molecule has 0 aliphatic carbocycles. The number of nitrogens with zero attached hydrogens (tertiary/aromatic N) is 5. The SMILES string of the molecule is NC(=S)n1[nH]c(-c2ccc([N+](=O)[O-])cc2)c(N=Nc2cncc(F)c2)c1=O. The summed E-state index contributed by atoms with van der Waals surface area (Å²) in [6.45, 7) is 0. The summed E-state index contributed by atoms with van der Waals surface area (Å²) in [5.41, 5.74) is 5.25. The van der Waals surface area contributed by atoms with Crippen LogP contribution >= 0.6 is 12.2 Å². The highest BCUT2D eigenvalue weighted by Crippen LogP contribution is 2.28. The third-order valence-electron chi connectivity index (χ3n) is 3.41. The smallest absolute Gasteiger partial charge is 0.301 e. The molecule has 2 aromatic heterocycles. The maximum Gasteiger partial charge on any atom is 0.301 e. The Morgan fingerprint density at radius 3 is 2.59 bits per heavy atom. The lowest BCUT2D eigenvalue weighted by Crippen LogP contribution is -2.29. The van der Waals surface area contributed by atoms with Gasteiger partial charge in [0.05, 0.1) is 23.0 Å². The molecule has 1 aromatic carbocycles. The lowest BCUT2D eigenvalue weighted by molar-refractivity contribution is -0.384. The molecule has 3 aromatic rings. The molecule has 0 atom stereocenters. The summed E-state index contributed by atoms with van der Waals surface area (Å²) < 4.78 is 14.1. The minimum Gasteiger partial charge on any atom is -0.374 e. The number of aromatic nitrogens is 3. The number of nitro benzene ring substituents is 1. The quantitative estimate of drug-likeness (QED) is 0.305. The molecule has 0 radical (unpaired) electrons. The standard InChI is InChI=1S/C15H10FN7O3S/c16-9-5-10(7-18-6-9)19-20-13-12(21-22(14(13)24)15(17)27)8-1-3-11(4-2-8)23(25)26/h1-7,21H,(H2,17,27). The summed E-state index contributed by atoms with van der Waals surface area (Å²) in [5.74, 6) is -0.614. The minimum absolute atomic E-state index is 0.0899. The van der Waals surface area contributed by atoms with Crippen molar-refractivity contribution in [2.45, 2.75) is 0 Å². The van der Waals surface area contributed by atoms with Crippen molar-refractivity contribution in [3.05, 3.63) is 69.0 Å². The monoisotopic (exact) mass is 387 g/mol. The number of halogens is 1. The van der Waals surface area contributed by atoms with Crippen LogP contribution in [0.2, 0.25) is 0 Å². The van der Waals surface area contributed by atoms with Crippen molar-refractivity contribution in [2.24, 2.45) is 16.0 Å². The number of benzene rings is 1. The van der Waals surface area contributed by atoms with Crippen molar-refractivity contribution in [3.63, 3.8) is 0 Å². The van der Waals surface area contributed by atoms with Crippen LogP contribution in [-0.4, -0.2) is 24.8 Å². The van der Waals surface area contributed by atoms with Gasteiger partial charge in [-0.25, -0.2) is 4.39 Å². The minimum atomic E-state index is -0.677. The van der Waals surface area contributed by atoms with Crippen LogP contribution in [0.5, 0.6) is 0 Å². The fourth-order valence-electron chi connectivity index (χ4n) is 2.19. The molecule has 0 amide bonds. The van der Waals surface area contributed by atoms with E-state index in [1.165, 1.54) is 30.5 Å². The molecular weight excluding hydrogens is 377 g/mol. The van der Waals surface area contributed by atoms with E-state index in [1.54, 1.807) is 0 Å². The first kappa shape index (κ1) is 18.0. The normalized spacial score (nSPS) is 11.0. The van der Waals surface area contributed by atoms with Gasteiger partial charge in [-0.2, -0.15) is 4.68 Å². The molecule has 0 aliphatic rings. The Bertz CT molecular complexity index is 1120. The molecule has 3 rings (SSSR count). The Morgan fingerprint density at radius 2 is 2.00 bits per heavy atom. The van der Waals surface area contributed by atoms with E-state index in [1.807, 2.05) is 0 Å². The van der Waals surface area contributed by atoms with E-state index in [0.717, 1.165) is 16.9 Å². The van der Waals surface area contributed by atoms with E-state index in [4.69, 9.17) is 18.0 Å². The summed E-state index contributed by atoms with van der Waals surface area (Å²) in [6, 6.07) is 6.47.